The van der Waals surface area contributed by atoms with Gasteiger partial charge >= 0.3 is 0 Å². The molecule has 0 radical (unpaired) electrons. The van der Waals surface area contributed by atoms with E-state index in [4.69, 9.17) is 19.5 Å². The van der Waals surface area contributed by atoms with Gasteiger partial charge in [-0.1, -0.05) is 12.1 Å². The van der Waals surface area contributed by atoms with Gasteiger partial charge in [-0.2, -0.15) is 4.52 Å². The molecular formula is C24H25N7O. The van der Waals surface area contributed by atoms with Crippen LogP contribution in [0.5, 0.6) is 0 Å². The number of nitrogens with zero attached hydrogens (tertiary/aromatic N) is 6. The Hall–Kier alpha value is -3.78. The van der Waals surface area contributed by atoms with E-state index in [-0.39, 0.29) is 0 Å². The number of fused-ring (bicyclic) bond motifs is 3. The molecule has 0 atom stereocenters. The quantitative estimate of drug-likeness (QED) is 0.396. The monoisotopic (exact) mass is 427 g/mol. The summed E-state index contributed by atoms with van der Waals surface area (Å²) in [6.45, 7) is 6.68. The predicted molar refractivity (Wildman–Crippen MR) is 124 cm³/mol. The van der Waals surface area contributed by atoms with Crippen LogP contribution in [0.3, 0.4) is 0 Å². The second-order valence-electron chi connectivity index (χ2n) is 7.94. The maximum absolute atomic E-state index is 5.53. The number of rotatable bonds is 8. The van der Waals surface area contributed by atoms with Gasteiger partial charge in [-0.3, -0.25) is 9.88 Å². The third-order valence-corrected chi connectivity index (χ3v) is 5.45. The van der Waals surface area contributed by atoms with Crippen molar-refractivity contribution in [2.24, 2.45) is 0 Å². The number of pyridine rings is 1. The first-order chi connectivity index (χ1) is 15.7. The molecule has 0 aliphatic rings. The summed E-state index contributed by atoms with van der Waals surface area (Å²) in [5, 5.41) is 9.17. The fourth-order valence-electron chi connectivity index (χ4n) is 3.72. The highest BCUT2D eigenvalue weighted by Crippen LogP contribution is 2.23. The van der Waals surface area contributed by atoms with Crippen LogP contribution >= 0.6 is 0 Å². The molecular weight excluding hydrogens is 402 g/mol. The molecule has 1 N–H and O–H groups in total. The van der Waals surface area contributed by atoms with E-state index in [9.17, 15) is 0 Å². The summed E-state index contributed by atoms with van der Waals surface area (Å²) in [5.41, 5.74) is 2.52. The van der Waals surface area contributed by atoms with Crippen molar-refractivity contribution < 1.29 is 4.42 Å². The zero-order chi connectivity index (χ0) is 21.9. The van der Waals surface area contributed by atoms with Crippen LogP contribution in [0.1, 0.15) is 19.6 Å². The molecule has 0 unspecified atom stereocenters. The Kier molecular flexibility index (Phi) is 5.51. The van der Waals surface area contributed by atoms with Gasteiger partial charge < -0.3 is 9.73 Å². The van der Waals surface area contributed by atoms with Gasteiger partial charge in [0.1, 0.15) is 5.76 Å². The first kappa shape index (κ1) is 20.1. The Labute approximate surface area is 185 Å². The van der Waals surface area contributed by atoms with Crippen LogP contribution in [-0.2, 0) is 6.54 Å². The van der Waals surface area contributed by atoms with Gasteiger partial charge in [-0.25, -0.2) is 9.97 Å². The van der Waals surface area contributed by atoms with Crippen molar-refractivity contribution in [3.05, 3.63) is 72.9 Å². The SMILES string of the molecule is CC(C)N(CCNc1nc2ccccc2c2nc(-c3cccnc3)nn12)Cc1ccco1. The minimum atomic E-state index is 0.384. The molecule has 0 saturated carbocycles. The fraction of sp³-hybridized carbons (Fsp3) is 0.250. The average Bonchev–Trinajstić information content (AvgIpc) is 3.49. The predicted octanol–water partition coefficient (Wildman–Crippen LogP) is 4.26. The zero-order valence-electron chi connectivity index (χ0n) is 18.1. The molecule has 0 saturated heterocycles. The number of nitrogens with one attached hydrogen (secondary N) is 1. The molecule has 1 aromatic carbocycles. The molecule has 0 amide bonds. The van der Waals surface area contributed by atoms with Crippen molar-refractivity contribution in [3.8, 4) is 11.4 Å². The van der Waals surface area contributed by atoms with Gasteiger partial charge in [0.15, 0.2) is 11.5 Å². The maximum Gasteiger partial charge on any atom is 0.226 e. The van der Waals surface area contributed by atoms with Crippen molar-refractivity contribution in [1.29, 1.82) is 0 Å². The van der Waals surface area contributed by atoms with E-state index in [1.54, 1.807) is 23.2 Å². The Morgan fingerprint density at radius 3 is 2.75 bits per heavy atom. The number of benzene rings is 1. The lowest BCUT2D eigenvalue weighted by molar-refractivity contribution is 0.204. The number of aromatic nitrogens is 5. The molecule has 8 heteroatoms. The summed E-state index contributed by atoms with van der Waals surface area (Å²) in [6.07, 6.45) is 5.23. The smallest absolute Gasteiger partial charge is 0.226 e. The van der Waals surface area contributed by atoms with Crippen LogP contribution < -0.4 is 5.32 Å². The maximum atomic E-state index is 5.53. The third-order valence-electron chi connectivity index (χ3n) is 5.45. The van der Waals surface area contributed by atoms with Gasteiger partial charge in [0, 0.05) is 42.5 Å². The van der Waals surface area contributed by atoms with Crippen molar-refractivity contribution in [2.75, 3.05) is 18.4 Å². The first-order valence-electron chi connectivity index (χ1n) is 10.8. The Morgan fingerprint density at radius 1 is 1.06 bits per heavy atom. The van der Waals surface area contributed by atoms with E-state index in [2.05, 4.69) is 29.0 Å². The third kappa shape index (κ3) is 4.04. The van der Waals surface area contributed by atoms with E-state index in [1.165, 1.54) is 0 Å². The van der Waals surface area contributed by atoms with Crippen LogP contribution in [0.15, 0.2) is 71.6 Å². The molecule has 0 fully saturated rings. The second kappa shape index (κ2) is 8.76. The fourth-order valence-corrected chi connectivity index (χ4v) is 3.72. The van der Waals surface area contributed by atoms with Crippen molar-refractivity contribution >= 4 is 22.5 Å². The number of hydrogen-bond acceptors (Lipinski definition) is 7. The minimum Gasteiger partial charge on any atom is -0.468 e. The highest BCUT2D eigenvalue weighted by Gasteiger charge is 2.16. The molecule has 4 heterocycles. The molecule has 0 spiro atoms. The van der Waals surface area contributed by atoms with Crippen molar-refractivity contribution in [3.63, 3.8) is 0 Å². The van der Waals surface area contributed by atoms with Gasteiger partial charge in [-0.15, -0.1) is 5.10 Å². The van der Waals surface area contributed by atoms with E-state index < -0.39 is 0 Å². The highest BCUT2D eigenvalue weighted by molar-refractivity contribution is 5.92. The number of para-hydroxylation sites is 1. The van der Waals surface area contributed by atoms with Gasteiger partial charge in [0.05, 0.1) is 18.3 Å². The Balaban J connectivity index is 1.44. The summed E-state index contributed by atoms with van der Waals surface area (Å²) in [7, 11) is 0. The zero-order valence-corrected chi connectivity index (χ0v) is 18.1. The molecule has 32 heavy (non-hydrogen) atoms. The van der Waals surface area contributed by atoms with E-state index in [0.29, 0.717) is 24.4 Å². The first-order valence-corrected chi connectivity index (χ1v) is 10.8. The Morgan fingerprint density at radius 2 is 1.97 bits per heavy atom. The van der Waals surface area contributed by atoms with Crippen LogP contribution in [0.4, 0.5) is 5.95 Å². The second-order valence-corrected chi connectivity index (χ2v) is 7.94. The highest BCUT2D eigenvalue weighted by atomic mass is 16.3. The van der Waals surface area contributed by atoms with Gasteiger partial charge in [0.25, 0.3) is 0 Å². The summed E-state index contributed by atoms with van der Waals surface area (Å²) >= 11 is 0. The average molecular weight is 428 g/mol. The molecule has 8 nitrogen and oxygen atoms in total. The molecule has 0 bridgehead atoms. The lowest BCUT2D eigenvalue weighted by Crippen LogP contribution is -2.34. The molecule has 0 aliphatic carbocycles. The molecule has 0 aliphatic heterocycles. The topological polar surface area (TPSA) is 84.4 Å². The number of hydrogen-bond donors (Lipinski definition) is 1. The van der Waals surface area contributed by atoms with Gasteiger partial charge in [0.2, 0.25) is 5.95 Å². The number of furan rings is 1. The van der Waals surface area contributed by atoms with Crippen LogP contribution in [0.25, 0.3) is 27.9 Å². The van der Waals surface area contributed by atoms with E-state index >= 15 is 0 Å². The van der Waals surface area contributed by atoms with Crippen molar-refractivity contribution in [1.82, 2.24) is 29.5 Å². The minimum absolute atomic E-state index is 0.384. The van der Waals surface area contributed by atoms with Crippen molar-refractivity contribution in [2.45, 2.75) is 26.4 Å². The largest absolute Gasteiger partial charge is 0.468 e. The molecule has 5 aromatic rings. The molecule has 5 rings (SSSR count). The van der Waals surface area contributed by atoms with E-state index in [1.807, 2.05) is 48.5 Å². The lowest BCUT2D eigenvalue weighted by Gasteiger charge is -2.25. The molecule has 4 aromatic heterocycles. The van der Waals surface area contributed by atoms with Crippen LogP contribution in [-0.4, -0.2) is 48.6 Å². The number of anilines is 1. The lowest BCUT2D eigenvalue weighted by atomic mass is 10.2. The summed E-state index contributed by atoms with van der Waals surface area (Å²) in [6, 6.07) is 16.1. The van der Waals surface area contributed by atoms with Gasteiger partial charge in [-0.05, 0) is 50.2 Å². The normalized spacial score (nSPS) is 11.8. The molecule has 162 valence electrons. The summed E-state index contributed by atoms with van der Waals surface area (Å²) in [4.78, 5) is 16.2. The van der Waals surface area contributed by atoms with Crippen LogP contribution in [0.2, 0.25) is 0 Å². The van der Waals surface area contributed by atoms with Crippen LogP contribution in [0, 0.1) is 0 Å². The summed E-state index contributed by atoms with van der Waals surface area (Å²) in [5.74, 6) is 2.26. The summed E-state index contributed by atoms with van der Waals surface area (Å²) < 4.78 is 7.32. The standard InChI is InChI=1S/C24H25N7O/c1-17(2)30(16-19-8-6-14-32-19)13-12-26-24-27-21-10-4-3-9-20(21)23-28-22(29-31(23)24)18-7-5-11-25-15-18/h3-11,14-15,17H,12-13,16H2,1-2H3,(H,26,27). The Bertz CT molecular complexity index is 1310. The van der Waals surface area contributed by atoms with E-state index in [0.717, 1.165) is 41.0 Å².